The minimum Gasteiger partial charge on any atom is -2.00 e. The molecule has 1 radical (unpaired) electrons. The molecule has 0 heterocycles. The van der Waals surface area contributed by atoms with Gasteiger partial charge >= 0.3 is 19.8 Å². The predicted molar refractivity (Wildman–Crippen MR) is 8.50 cm³/mol. The number of rotatable bonds is 0. The molecule has 0 fully saturated rings. The molecule has 0 bridgehead atoms. The molecule has 0 amide bonds. The molecule has 0 aromatic carbocycles. The van der Waals surface area contributed by atoms with Crippen molar-refractivity contribution in [3.8, 4) is 0 Å². The predicted octanol–water partition coefficient (Wildman–Crippen LogP) is -0.859. The van der Waals surface area contributed by atoms with Gasteiger partial charge in [-0.05, 0) is 0 Å². The van der Waals surface area contributed by atoms with Crippen molar-refractivity contribution in [2.75, 3.05) is 0 Å². The van der Waals surface area contributed by atoms with Crippen LogP contribution in [0.15, 0.2) is 0 Å². The molecular formula is GaO4V-5. The van der Waals surface area contributed by atoms with Gasteiger partial charge in [-0.25, -0.2) is 0 Å². The van der Waals surface area contributed by atoms with E-state index >= 15 is 0 Å². The summed E-state index contributed by atoms with van der Waals surface area (Å²) in [6.07, 6.45) is 0. The van der Waals surface area contributed by atoms with E-state index in [1.54, 1.807) is 0 Å². The van der Waals surface area contributed by atoms with Crippen molar-refractivity contribution >= 4 is 19.8 Å². The molecule has 0 aromatic heterocycles. The zero-order valence-electron chi connectivity index (χ0n) is 2.66. The first-order valence-electron chi connectivity index (χ1n) is 0. The largest absolute Gasteiger partial charge is 3.00 e. The van der Waals surface area contributed by atoms with E-state index in [0.29, 0.717) is 0 Å². The molecular weight excluding hydrogens is 185 g/mol. The first kappa shape index (κ1) is 230. The molecule has 4 nitrogen and oxygen atoms in total. The van der Waals surface area contributed by atoms with Gasteiger partial charge in [-0.15, -0.1) is 0 Å². The Bertz CT molecular complexity index is 7.51. The van der Waals surface area contributed by atoms with E-state index < -0.39 is 0 Å². The average Bonchev–Trinajstić information content (AvgIpc) is 0. The van der Waals surface area contributed by atoms with Gasteiger partial charge in [-0.1, -0.05) is 0 Å². The van der Waals surface area contributed by atoms with Gasteiger partial charge < -0.3 is 21.9 Å². The minimum atomic E-state index is 0. The molecule has 0 saturated heterocycles. The smallest absolute Gasteiger partial charge is 2.00 e. The van der Waals surface area contributed by atoms with E-state index in [-0.39, 0.29) is 60.3 Å². The van der Waals surface area contributed by atoms with Crippen LogP contribution in [0.1, 0.15) is 0 Å². The molecule has 0 aromatic rings. The summed E-state index contributed by atoms with van der Waals surface area (Å²) in [7, 11) is 0. The summed E-state index contributed by atoms with van der Waals surface area (Å²) >= 11 is 0. The van der Waals surface area contributed by atoms with E-state index in [0.717, 1.165) is 0 Å². The maximum Gasteiger partial charge on any atom is 3.00 e. The maximum atomic E-state index is 0. The Morgan fingerprint density at radius 3 is 0.500 bits per heavy atom. The molecule has 37 valence electrons. The Hall–Kier alpha value is 1.06. The molecule has 0 aliphatic rings. The first-order valence-corrected chi connectivity index (χ1v) is 0. The molecule has 0 unspecified atom stereocenters. The normalized spacial score (nSPS) is 0. The fourth-order valence-corrected chi connectivity index (χ4v) is 0. The zero-order valence-corrected chi connectivity index (χ0v) is 6.48. The Kier molecular flexibility index (Phi) is 5300. The third-order valence-electron chi connectivity index (χ3n) is 0. The molecule has 0 saturated carbocycles. The SMILES string of the molecule is [Ga+3].[O-2].[O-2].[O-2].[O-2].[V]. The summed E-state index contributed by atoms with van der Waals surface area (Å²) in [6.45, 7) is 0. The van der Waals surface area contributed by atoms with E-state index in [2.05, 4.69) is 0 Å². The van der Waals surface area contributed by atoms with Crippen molar-refractivity contribution in [1.29, 1.82) is 0 Å². The van der Waals surface area contributed by atoms with Crippen LogP contribution in [-0.2, 0) is 40.5 Å². The topological polar surface area (TPSA) is 114 Å². The van der Waals surface area contributed by atoms with Gasteiger partial charge in [0.05, 0.1) is 0 Å². The van der Waals surface area contributed by atoms with Crippen molar-refractivity contribution in [3.05, 3.63) is 0 Å². The van der Waals surface area contributed by atoms with Crippen molar-refractivity contribution in [2.24, 2.45) is 0 Å². The standard InChI is InChI=1S/Ga.4O.V/q+3;4*-2;. The Labute approximate surface area is 60.5 Å². The third-order valence-corrected chi connectivity index (χ3v) is 0. The van der Waals surface area contributed by atoms with Crippen molar-refractivity contribution in [3.63, 3.8) is 0 Å². The maximum absolute atomic E-state index is 0. The average molecular weight is 185 g/mol. The second kappa shape index (κ2) is 138. The van der Waals surface area contributed by atoms with Gasteiger partial charge in [0.15, 0.2) is 0 Å². The van der Waals surface area contributed by atoms with Crippen LogP contribution in [0.4, 0.5) is 0 Å². The van der Waals surface area contributed by atoms with Crippen LogP contribution < -0.4 is 0 Å². The molecule has 0 spiro atoms. The third kappa shape index (κ3) is 74.2. The van der Waals surface area contributed by atoms with E-state index in [1.807, 2.05) is 0 Å². The Balaban J connectivity index is 0. The summed E-state index contributed by atoms with van der Waals surface area (Å²) in [5, 5.41) is 0. The van der Waals surface area contributed by atoms with Crippen LogP contribution in [0.25, 0.3) is 0 Å². The van der Waals surface area contributed by atoms with Crippen LogP contribution >= 0.6 is 0 Å². The van der Waals surface area contributed by atoms with Crippen LogP contribution in [0.5, 0.6) is 0 Å². The summed E-state index contributed by atoms with van der Waals surface area (Å²) < 4.78 is 0. The van der Waals surface area contributed by atoms with Gasteiger partial charge in [-0.2, -0.15) is 0 Å². The van der Waals surface area contributed by atoms with Gasteiger partial charge in [0, 0.05) is 18.6 Å². The van der Waals surface area contributed by atoms with Crippen molar-refractivity contribution in [1.82, 2.24) is 0 Å². The fraction of sp³-hybridized carbons (Fsp3) is 0. The van der Waals surface area contributed by atoms with Gasteiger partial charge in [-0.3, -0.25) is 0 Å². The quantitative estimate of drug-likeness (QED) is 0.436. The zero-order chi connectivity index (χ0) is 0. The molecule has 0 aliphatic carbocycles. The summed E-state index contributed by atoms with van der Waals surface area (Å²) in [5.41, 5.74) is 0. The summed E-state index contributed by atoms with van der Waals surface area (Å²) in [6, 6.07) is 0. The molecule has 0 aliphatic heterocycles. The van der Waals surface area contributed by atoms with E-state index in [4.69, 9.17) is 0 Å². The van der Waals surface area contributed by atoms with Crippen LogP contribution in [0, 0.1) is 0 Å². The monoisotopic (exact) mass is 184 g/mol. The first-order chi connectivity index (χ1) is 0. The van der Waals surface area contributed by atoms with Gasteiger partial charge in [0.1, 0.15) is 0 Å². The van der Waals surface area contributed by atoms with Crippen LogP contribution in [-0.4, -0.2) is 19.8 Å². The van der Waals surface area contributed by atoms with Crippen LogP contribution in [0.3, 0.4) is 0 Å². The van der Waals surface area contributed by atoms with Crippen LogP contribution in [0.2, 0.25) is 0 Å². The molecule has 6 heavy (non-hydrogen) atoms. The van der Waals surface area contributed by atoms with Crippen molar-refractivity contribution < 1.29 is 40.5 Å². The Morgan fingerprint density at radius 2 is 0.500 bits per heavy atom. The van der Waals surface area contributed by atoms with Gasteiger partial charge in [0.2, 0.25) is 0 Å². The molecule has 0 atom stereocenters. The van der Waals surface area contributed by atoms with E-state index in [1.165, 1.54) is 0 Å². The van der Waals surface area contributed by atoms with E-state index in [9.17, 15) is 0 Å². The molecule has 6 heteroatoms. The summed E-state index contributed by atoms with van der Waals surface area (Å²) in [4.78, 5) is 0. The second-order valence-electron chi connectivity index (χ2n) is 0. The fourth-order valence-electron chi connectivity index (χ4n) is 0. The minimum absolute atomic E-state index is 0. The summed E-state index contributed by atoms with van der Waals surface area (Å²) in [5.74, 6) is 0. The Morgan fingerprint density at radius 1 is 0.500 bits per heavy atom. The number of hydrogen-bond donors (Lipinski definition) is 0. The second-order valence-corrected chi connectivity index (χ2v) is 0. The molecule has 0 N–H and O–H groups in total. The van der Waals surface area contributed by atoms with Gasteiger partial charge in [0.25, 0.3) is 0 Å². The van der Waals surface area contributed by atoms with Crippen molar-refractivity contribution in [2.45, 2.75) is 0 Å². The molecule has 0 rings (SSSR count). The number of hydrogen-bond acceptors (Lipinski definition) is 0.